The van der Waals surface area contributed by atoms with E-state index in [0.717, 1.165) is 28.5 Å². The Morgan fingerprint density at radius 3 is 2.50 bits per heavy atom. The quantitative estimate of drug-likeness (QED) is 0.721. The van der Waals surface area contributed by atoms with Crippen molar-refractivity contribution < 1.29 is 0 Å². The number of halogens is 1. The van der Waals surface area contributed by atoms with E-state index in [-0.39, 0.29) is 0 Å². The van der Waals surface area contributed by atoms with E-state index in [9.17, 15) is 0 Å². The van der Waals surface area contributed by atoms with Gasteiger partial charge in [0.2, 0.25) is 0 Å². The van der Waals surface area contributed by atoms with Gasteiger partial charge in [0.05, 0.1) is 19.3 Å². The van der Waals surface area contributed by atoms with Crippen LogP contribution in [0.4, 0.5) is 5.69 Å². The van der Waals surface area contributed by atoms with Gasteiger partial charge in [-0.1, -0.05) is 47.1 Å². The lowest BCUT2D eigenvalue weighted by atomic mass is 10.2. The van der Waals surface area contributed by atoms with Gasteiger partial charge in [-0.15, -0.1) is 5.10 Å². The molecule has 22 heavy (non-hydrogen) atoms. The molecule has 0 saturated carbocycles. The third kappa shape index (κ3) is 3.65. The second-order valence-corrected chi connectivity index (χ2v) is 5.66. The summed E-state index contributed by atoms with van der Waals surface area (Å²) in [5.74, 6) is 0. The predicted octanol–water partition coefficient (Wildman–Crippen LogP) is 3.62. The number of anilines is 1. The van der Waals surface area contributed by atoms with Gasteiger partial charge in [-0.3, -0.25) is 0 Å². The summed E-state index contributed by atoms with van der Waals surface area (Å²) in [7, 11) is 2.05. The number of hydrogen-bond donors (Lipinski definition) is 0. The van der Waals surface area contributed by atoms with Gasteiger partial charge in [0.25, 0.3) is 0 Å². The largest absolute Gasteiger partial charge is 0.369 e. The zero-order valence-electron chi connectivity index (χ0n) is 12.4. The molecule has 1 heterocycles. The topological polar surface area (TPSA) is 34.0 Å². The molecule has 0 spiro atoms. The van der Waals surface area contributed by atoms with E-state index in [1.54, 1.807) is 0 Å². The first-order valence-electron chi connectivity index (χ1n) is 7.10. The Balaban J connectivity index is 1.65. The number of para-hydroxylation sites is 1. The van der Waals surface area contributed by atoms with Crippen LogP contribution < -0.4 is 4.90 Å². The molecule has 0 N–H and O–H groups in total. The monoisotopic (exact) mass is 312 g/mol. The van der Waals surface area contributed by atoms with E-state index in [4.69, 9.17) is 11.6 Å². The van der Waals surface area contributed by atoms with E-state index >= 15 is 0 Å². The minimum atomic E-state index is 0.694. The third-order valence-corrected chi connectivity index (χ3v) is 3.69. The van der Waals surface area contributed by atoms with Gasteiger partial charge in [-0.05, 0) is 29.8 Å². The van der Waals surface area contributed by atoms with Crippen LogP contribution in [0.1, 0.15) is 11.3 Å². The Morgan fingerprint density at radius 2 is 1.77 bits per heavy atom. The highest BCUT2D eigenvalue weighted by Crippen LogP contribution is 2.14. The molecule has 4 nitrogen and oxygen atoms in total. The second kappa shape index (κ2) is 6.62. The first kappa shape index (κ1) is 14.6. The predicted molar refractivity (Wildman–Crippen MR) is 89.1 cm³/mol. The van der Waals surface area contributed by atoms with E-state index in [2.05, 4.69) is 27.3 Å². The average molecular weight is 313 g/mol. The van der Waals surface area contributed by atoms with Gasteiger partial charge < -0.3 is 4.90 Å². The van der Waals surface area contributed by atoms with Crippen LogP contribution in [0.2, 0.25) is 5.02 Å². The van der Waals surface area contributed by atoms with Crippen molar-refractivity contribution in [3.05, 3.63) is 77.1 Å². The van der Waals surface area contributed by atoms with Crippen LogP contribution in [0.25, 0.3) is 0 Å². The van der Waals surface area contributed by atoms with Crippen molar-refractivity contribution in [3.8, 4) is 0 Å². The lowest BCUT2D eigenvalue weighted by Gasteiger charge is -2.17. The summed E-state index contributed by atoms with van der Waals surface area (Å²) < 4.78 is 1.84. The second-order valence-electron chi connectivity index (χ2n) is 5.23. The Hall–Kier alpha value is -2.33. The maximum absolute atomic E-state index is 5.89. The smallest absolute Gasteiger partial charge is 0.102 e. The summed E-state index contributed by atoms with van der Waals surface area (Å²) in [6, 6.07) is 18.0. The van der Waals surface area contributed by atoms with Crippen molar-refractivity contribution in [2.75, 3.05) is 11.9 Å². The number of nitrogens with zero attached hydrogens (tertiary/aromatic N) is 4. The van der Waals surface area contributed by atoms with Gasteiger partial charge in [0.15, 0.2) is 0 Å². The molecule has 1 aromatic heterocycles. The van der Waals surface area contributed by atoms with Crippen molar-refractivity contribution in [2.24, 2.45) is 0 Å². The van der Waals surface area contributed by atoms with E-state index in [0.29, 0.717) is 6.54 Å². The van der Waals surface area contributed by atoms with Gasteiger partial charge >= 0.3 is 0 Å². The maximum Gasteiger partial charge on any atom is 0.102 e. The molecule has 0 atom stereocenters. The molecule has 0 amide bonds. The maximum atomic E-state index is 5.89. The van der Waals surface area contributed by atoms with Gasteiger partial charge in [0.1, 0.15) is 5.69 Å². The third-order valence-electron chi connectivity index (χ3n) is 3.44. The molecule has 5 heteroatoms. The Kier molecular flexibility index (Phi) is 4.39. The molecule has 3 aromatic rings. The standard InChI is InChI=1S/C17H17ClN4/c1-21(17-5-3-2-4-6-17)12-16-13-22(20-19-16)11-14-7-9-15(18)10-8-14/h2-10,13H,11-12H2,1H3. The number of aromatic nitrogens is 3. The van der Waals surface area contributed by atoms with Crippen molar-refractivity contribution in [2.45, 2.75) is 13.1 Å². The molecule has 112 valence electrons. The molecule has 0 fully saturated rings. The van der Waals surface area contributed by atoms with Gasteiger partial charge in [-0.2, -0.15) is 0 Å². The van der Waals surface area contributed by atoms with Crippen molar-refractivity contribution in [3.63, 3.8) is 0 Å². The highest BCUT2D eigenvalue weighted by atomic mass is 35.5. The van der Waals surface area contributed by atoms with Crippen LogP contribution in [0.5, 0.6) is 0 Å². The first-order valence-corrected chi connectivity index (χ1v) is 7.48. The summed E-state index contributed by atoms with van der Waals surface area (Å²) in [6.45, 7) is 1.42. The lowest BCUT2D eigenvalue weighted by Crippen LogP contribution is -2.16. The van der Waals surface area contributed by atoms with Gasteiger partial charge in [-0.25, -0.2) is 4.68 Å². The van der Waals surface area contributed by atoms with Crippen molar-refractivity contribution in [1.29, 1.82) is 0 Å². The minimum Gasteiger partial charge on any atom is -0.369 e. The molecule has 2 aromatic carbocycles. The number of rotatable bonds is 5. The lowest BCUT2D eigenvalue weighted by molar-refractivity contribution is 0.649. The summed E-state index contributed by atoms with van der Waals surface area (Å²) >= 11 is 5.89. The van der Waals surface area contributed by atoms with Crippen molar-refractivity contribution >= 4 is 17.3 Å². The first-order chi connectivity index (χ1) is 10.7. The van der Waals surface area contributed by atoms with Crippen LogP contribution in [-0.2, 0) is 13.1 Å². The molecule has 3 rings (SSSR count). The van der Waals surface area contributed by atoms with Crippen LogP contribution in [0.3, 0.4) is 0 Å². The normalized spacial score (nSPS) is 10.6. The molecule has 0 unspecified atom stereocenters. The van der Waals surface area contributed by atoms with E-state index in [1.165, 1.54) is 0 Å². The molecule has 0 bridgehead atoms. The average Bonchev–Trinajstić information content (AvgIpc) is 2.97. The Bertz CT molecular complexity index is 722. The molecular weight excluding hydrogens is 296 g/mol. The Labute approximate surface area is 134 Å². The summed E-state index contributed by atoms with van der Waals surface area (Å²) in [4.78, 5) is 2.15. The highest BCUT2D eigenvalue weighted by molar-refractivity contribution is 6.30. The zero-order valence-corrected chi connectivity index (χ0v) is 13.1. The minimum absolute atomic E-state index is 0.694. The molecule has 0 saturated heterocycles. The SMILES string of the molecule is CN(Cc1cn(Cc2ccc(Cl)cc2)nn1)c1ccccc1. The number of benzene rings is 2. The van der Waals surface area contributed by atoms with Crippen LogP contribution in [-0.4, -0.2) is 22.0 Å². The van der Waals surface area contributed by atoms with Crippen LogP contribution >= 0.6 is 11.6 Å². The van der Waals surface area contributed by atoms with Crippen LogP contribution in [0, 0.1) is 0 Å². The van der Waals surface area contributed by atoms with Gasteiger partial charge in [0, 0.05) is 17.8 Å². The fraction of sp³-hybridized carbons (Fsp3) is 0.176. The molecule has 0 aliphatic rings. The van der Waals surface area contributed by atoms with E-state index < -0.39 is 0 Å². The van der Waals surface area contributed by atoms with E-state index in [1.807, 2.05) is 60.4 Å². The van der Waals surface area contributed by atoms with Crippen molar-refractivity contribution in [1.82, 2.24) is 15.0 Å². The summed E-state index contributed by atoms with van der Waals surface area (Å²) in [5, 5.41) is 9.17. The Morgan fingerprint density at radius 1 is 1.05 bits per heavy atom. The number of hydrogen-bond acceptors (Lipinski definition) is 3. The summed E-state index contributed by atoms with van der Waals surface area (Å²) in [6.07, 6.45) is 1.98. The fourth-order valence-electron chi connectivity index (χ4n) is 2.28. The molecule has 0 aliphatic heterocycles. The summed E-state index contributed by atoms with van der Waals surface area (Å²) in [5.41, 5.74) is 3.26. The molecular formula is C17H17ClN4. The molecule has 0 aliphatic carbocycles. The fourth-order valence-corrected chi connectivity index (χ4v) is 2.41. The van der Waals surface area contributed by atoms with Crippen LogP contribution in [0.15, 0.2) is 60.8 Å². The zero-order chi connectivity index (χ0) is 15.4. The molecule has 0 radical (unpaired) electrons. The highest BCUT2D eigenvalue weighted by Gasteiger charge is 2.06.